The minimum Gasteiger partial charge on any atom is -0.456 e. The summed E-state index contributed by atoms with van der Waals surface area (Å²) in [5.74, 6) is -1.09. The Kier molecular flexibility index (Phi) is 9.06. The van der Waals surface area contributed by atoms with Crippen molar-refractivity contribution in [1.82, 2.24) is 0 Å². The van der Waals surface area contributed by atoms with Gasteiger partial charge in [-0.2, -0.15) is 0 Å². The van der Waals surface area contributed by atoms with Crippen LogP contribution in [0, 0.1) is 5.92 Å². The smallest absolute Gasteiger partial charge is 0.316 e. The van der Waals surface area contributed by atoms with Gasteiger partial charge in [0, 0.05) is 13.0 Å². The molecule has 2 aliphatic rings. The van der Waals surface area contributed by atoms with E-state index in [2.05, 4.69) is 6.92 Å². The number of hydrogen-bond acceptors (Lipinski definition) is 5. The number of cyclic esters (lactones) is 1. The van der Waals surface area contributed by atoms with Crippen LogP contribution in [0.5, 0.6) is 0 Å². The molecule has 5 nitrogen and oxygen atoms in total. The van der Waals surface area contributed by atoms with Crippen molar-refractivity contribution < 1.29 is 23.8 Å². The maximum absolute atomic E-state index is 12.3. The van der Waals surface area contributed by atoms with Crippen molar-refractivity contribution >= 4 is 11.8 Å². The molecule has 2 fully saturated rings. The van der Waals surface area contributed by atoms with E-state index >= 15 is 0 Å². The van der Waals surface area contributed by atoms with E-state index < -0.39 is 17.5 Å². The maximum Gasteiger partial charge on any atom is 0.316 e. The molecule has 5 heteroatoms. The molecule has 3 atom stereocenters. The summed E-state index contributed by atoms with van der Waals surface area (Å²) in [5, 5.41) is 0. The van der Waals surface area contributed by atoms with Crippen LogP contribution in [0.25, 0.3) is 0 Å². The van der Waals surface area contributed by atoms with E-state index in [9.17, 15) is 9.59 Å². The standard InChI is InChI=1S/C21H36O5/c1-3-4-5-6-7-8-10-13-21(15-18(22)17(2)20(23)26-21)16-25-19-12-9-11-14-24-19/h17,19H,3-16H2,1-2H3. The van der Waals surface area contributed by atoms with E-state index in [1.54, 1.807) is 6.92 Å². The van der Waals surface area contributed by atoms with Gasteiger partial charge in [0.05, 0.1) is 6.61 Å². The Hall–Kier alpha value is -0.940. The van der Waals surface area contributed by atoms with Crippen LogP contribution in [0.15, 0.2) is 0 Å². The third kappa shape index (κ3) is 6.66. The van der Waals surface area contributed by atoms with Crippen LogP contribution in [-0.4, -0.2) is 36.9 Å². The summed E-state index contributed by atoms with van der Waals surface area (Å²) in [5.41, 5.74) is -0.801. The van der Waals surface area contributed by atoms with E-state index in [1.807, 2.05) is 0 Å². The molecule has 150 valence electrons. The molecule has 2 saturated heterocycles. The average molecular weight is 369 g/mol. The van der Waals surface area contributed by atoms with Crippen LogP contribution in [0.2, 0.25) is 0 Å². The third-order valence-electron chi connectivity index (χ3n) is 5.56. The van der Waals surface area contributed by atoms with E-state index in [0.29, 0.717) is 13.0 Å². The minimum atomic E-state index is -0.801. The van der Waals surface area contributed by atoms with Gasteiger partial charge in [-0.15, -0.1) is 0 Å². The molecule has 0 spiro atoms. The Labute approximate surface area is 158 Å². The van der Waals surface area contributed by atoms with Gasteiger partial charge in [-0.25, -0.2) is 0 Å². The third-order valence-corrected chi connectivity index (χ3v) is 5.56. The molecule has 0 amide bonds. The van der Waals surface area contributed by atoms with Crippen molar-refractivity contribution in [3.8, 4) is 0 Å². The van der Waals surface area contributed by atoms with Crippen molar-refractivity contribution in [3.63, 3.8) is 0 Å². The van der Waals surface area contributed by atoms with Gasteiger partial charge in [0.15, 0.2) is 12.1 Å². The first kappa shape index (κ1) is 21.4. The summed E-state index contributed by atoms with van der Waals surface area (Å²) in [6.45, 7) is 4.82. The summed E-state index contributed by atoms with van der Waals surface area (Å²) in [6, 6.07) is 0. The molecule has 26 heavy (non-hydrogen) atoms. The van der Waals surface area contributed by atoms with Crippen molar-refractivity contribution in [3.05, 3.63) is 0 Å². The van der Waals surface area contributed by atoms with Gasteiger partial charge in [0.1, 0.15) is 11.5 Å². The normalized spacial score (nSPS) is 29.6. The molecule has 0 saturated carbocycles. The molecule has 0 radical (unpaired) electrons. The summed E-state index contributed by atoms with van der Waals surface area (Å²) in [6.07, 6.45) is 12.1. The monoisotopic (exact) mass is 368 g/mol. The van der Waals surface area contributed by atoms with Crippen molar-refractivity contribution in [2.45, 2.75) is 103 Å². The van der Waals surface area contributed by atoms with Crippen LogP contribution in [0.3, 0.4) is 0 Å². The van der Waals surface area contributed by atoms with E-state index in [4.69, 9.17) is 14.2 Å². The highest BCUT2D eigenvalue weighted by molar-refractivity contribution is 6.01. The largest absolute Gasteiger partial charge is 0.456 e. The first-order chi connectivity index (χ1) is 12.6. The number of rotatable bonds is 11. The molecular weight excluding hydrogens is 332 g/mol. The summed E-state index contributed by atoms with van der Waals surface area (Å²) < 4.78 is 17.3. The molecule has 2 aliphatic heterocycles. The number of ketones is 1. The molecule has 0 aliphatic carbocycles. The van der Waals surface area contributed by atoms with Crippen LogP contribution >= 0.6 is 0 Å². The zero-order valence-corrected chi connectivity index (χ0v) is 16.6. The van der Waals surface area contributed by atoms with E-state index in [1.165, 1.54) is 32.1 Å². The van der Waals surface area contributed by atoms with Crippen molar-refractivity contribution in [1.29, 1.82) is 0 Å². The Bertz CT molecular complexity index is 424. The molecule has 0 N–H and O–H groups in total. The fourth-order valence-electron chi connectivity index (χ4n) is 3.72. The summed E-state index contributed by atoms with van der Waals surface area (Å²) in [4.78, 5) is 24.4. The van der Waals surface area contributed by atoms with Crippen LogP contribution < -0.4 is 0 Å². The van der Waals surface area contributed by atoms with Crippen LogP contribution in [0.4, 0.5) is 0 Å². The lowest BCUT2D eigenvalue weighted by atomic mass is 9.84. The predicted octanol–water partition coefficient (Wildman–Crippen LogP) is 4.56. The van der Waals surface area contributed by atoms with E-state index in [0.717, 1.165) is 32.1 Å². The lowest BCUT2D eigenvalue weighted by Gasteiger charge is -2.39. The Morgan fingerprint density at radius 1 is 1.08 bits per heavy atom. The molecule has 3 unspecified atom stereocenters. The quantitative estimate of drug-likeness (QED) is 0.304. The Morgan fingerprint density at radius 2 is 1.81 bits per heavy atom. The molecule has 2 rings (SSSR count). The fraction of sp³-hybridized carbons (Fsp3) is 0.905. The lowest BCUT2D eigenvalue weighted by molar-refractivity contribution is -0.214. The second-order valence-corrected chi connectivity index (χ2v) is 7.95. The first-order valence-corrected chi connectivity index (χ1v) is 10.5. The number of unbranched alkanes of at least 4 members (excludes halogenated alkanes) is 6. The maximum atomic E-state index is 12.3. The average Bonchev–Trinajstić information content (AvgIpc) is 2.65. The lowest BCUT2D eigenvalue weighted by Crippen LogP contribution is -2.50. The number of carbonyl (C=O) groups is 2. The molecule has 0 aromatic rings. The number of carbonyl (C=O) groups excluding carboxylic acids is 2. The highest BCUT2D eigenvalue weighted by Crippen LogP contribution is 2.33. The van der Waals surface area contributed by atoms with Gasteiger partial charge in [-0.3, -0.25) is 9.59 Å². The second-order valence-electron chi connectivity index (χ2n) is 7.95. The molecular formula is C21H36O5. The van der Waals surface area contributed by atoms with Gasteiger partial charge >= 0.3 is 5.97 Å². The molecule has 2 heterocycles. The van der Waals surface area contributed by atoms with Crippen molar-refractivity contribution in [2.24, 2.45) is 5.92 Å². The van der Waals surface area contributed by atoms with Gasteiger partial charge < -0.3 is 14.2 Å². The van der Waals surface area contributed by atoms with Crippen LogP contribution in [0.1, 0.15) is 90.9 Å². The first-order valence-electron chi connectivity index (χ1n) is 10.5. The SMILES string of the molecule is CCCCCCCCCC1(COC2CCCCO2)CC(=O)C(C)C(=O)O1. The van der Waals surface area contributed by atoms with Crippen LogP contribution in [-0.2, 0) is 23.8 Å². The number of hydrogen-bond donors (Lipinski definition) is 0. The van der Waals surface area contributed by atoms with Gasteiger partial charge in [-0.05, 0) is 39.0 Å². The Morgan fingerprint density at radius 3 is 2.46 bits per heavy atom. The summed E-state index contributed by atoms with van der Waals surface area (Å²) >= 11 is 0. The summed E-state index contributed by atoms with van der Waals surface area (Å²) in [7, 11) is 0. The number of ether oxygens (including phenoxy) is 3. The minimum absolute atomic E-state index is 0.0302. The van der Waals surface area contributed by atoms with Crippen molar-refractivity contribution in [2.75, 3.05) is 13.2 Å². The van der Waals surface area contributed by atoms with Gasteiger partial charge in [0.2, 0.25) is 0 Å². The fourth-order valence-corrected chi connectivity index (χ4v) is 3.72. The topological polar surface area (TPSA) is 61.8 Å². The number of esters is 1. The van der Waals surface area contributed by atoms with Gasteiger partial charge in [-0.1, -0.05) is 45.4 Å². The number of Topliss-reactive ketones (excluding diaryl/α,β-unsaturated/α-hetero) is 1. The van der Waals surface area contributed by atoms with E-state index in [-0.39, 0.29) is 25.1 Å². The highest BCUT2D eigenvalue weighted by atomic mass is 16.7. The zero-order chi connectivity index (χ0) is 18.8. The molecule has 0 aromatic carbocycles. The van der Waals surface area contributed by atoms with Gasteiger partial charge in [0.25, 0.3) is 0 Å². The molecule has 0 bridgehead atoms. The predicted molar refractivity (Wildman–Crippen MR) is 99.8 cm³/mol. The zero-order valence-electron chi connectivity index (χ0n) is 16.6. The molecule has 0 aromatic heterocycles. The highest BCUT2D eigenvalue weighted by Gasteiger charge is 2.45. The Balaban J connectivity index is 1.84. The second kappa shape index (κ2) is 11.0.